The molecule has 0 fully saturated rings. The van der Waals surface area contributed by atoms with E-state index in [-0.39, 0.29) is 11.9 Å². The van der Waals surface area contributed by atoms with Crippen LogP contribution in [0.5, 0.6) is 5.75 Å². The fourth-order valence-electron chi connectivity index (χ4n) is 3.63. The van der Waals surface area contributed by atoms with Crippen LogP contribution in [0.4, 0.5) is 5.69 Å². The van der Waals surface area contributed by atoms with Crippen molar-refractivity contribution >= 4 is 17.3 Å². The van der Waals surface area contributed by atoms with E-state index in [4.69, 9.17) is 14.1 Å². The van der Waals surface area contributed by atoms with Crippen LogP contribution in [-0.2, 0) is 0 Å². The van der Waals surface area contributed by atoms with Gasteiger partial charge in [-0.3, -0.25) is 9.79 Å². The third-order valence-corrected chi connectivity index (χ3v) is 5.36. The summed E-state index contributed by atoms with van der Waals surface area (Å²) in [6.45, 7) is 2.81. The van der Waals surface area contributed by atoms with E-state index in [0.29, 0.717) is 24.6 Å². The Bertz CT molecular complexity index is 1070. The predicted octanol–water partition coefficient (Wildman–Crippen LogP) is 3.68. The van der Waals surface area contributed by atoms with E-state index in [1.165, 1.54) is 0 Å². The largest absolute Gasteiger partial charge is 0.497 e. The third kappa shape index (κ3) is 3.94. The van der Waals surface area contributed by atoms with Gasteiger partial charge < -0.3 is 19.4 Å². The molecule has 0 spiro atoms. The quantitative estimate of drug-likeness (QED) is 0.706. The number of hydrogen-bond acceptors (Lipinski definition) is 5. The van der Waals surface area contributed by atoms with Gasteiger partial charge in [0.15, 0.2) is 5.76 Å². The fourth-order valence-corrected chi connectivity index (χ4v) is 3.63. The number of aliphatic imine (C=N–C) groups is 1. The van der Waals surface area contributed by atoms with Gasteiger partial charge in [0.25, 0.3) is 5.91 Å². The molecule has 2 heterocycles. The number of benzodiazepines with no additional fused rings is 1. The molecule has 2 aromatic carbocycles. The lowest BCUT2D eigenvalue weighted by atomic mass is 10.00. The molecule has 154 valence electrons. The molecule has 1 amide bonds. The van der Waals surface area contributed by atoms with Gasteiger partial charge in [0, 0.05) is 36.5 Å². The molecule has 1 aromatic heterocycles. The smallest absolute Gasteiger partial charge is 0.287 e. The summed E-state index contributed by atoms with van der Waals surface area (Å²) in [7, 11) is 3.68. The van der Waals surface area contributed by atoms with Crippen LogP contribution in [0.25, 0.3) is 0 Å². The Morgan fingerprint density at radius 1 is 1.20 bits per heavy atom. The highest BCUT2D eigenvalue weighted by molar-refractivity contribution is 6.16. The monoisotopic (exact) mass is 403 g/mol. The Morgan fingerprint density at radius 3 is 2.70 bits per heavy atom. The van der Waals surface area contributed by atoms with E-state index in [1.54, 1.807) is 19.2 Å². The van der Waals surface area contributed by atoms with Gasteiger partial charge in [-0.1, -0.05) is 30.3 Å². The molecule has 4 rings (SSSR count). The molecule has 0 aliphatic carbocycles. The lowest BCUT2D eigenvalue weighted by Crippen LogP contribution is -2.43. The van der Waals surface area contributed by atoms with Crippen LogP contribution >= 0.6 is 0 Å². The van der Waals surface area contributed by atoms with Crippen LogP contribution in [-0.4, -0.2) is 44.9 Å². The number of hydrogen-bond donors (Lipinski definition) is 1. The lowest BCUT2D eigenvalue weighted by Gasteiger charge is -2.29. The van der Waals surface area contributed by atoms with Crippen molar-refractivity contribution in [1.82, 2.24) is 5.32 Å². The standard InChI is InChI=1S/C24H25N3O3/c1-16-9-12-22(30-16)24(28)26-15-18-14-25-23(17-7-5-4-6-8-17)20-11-10-19(29-3)13-21(20)27(18)2/h4-13,18H,14-15H2,1-3H3,(H,26,28). The van der Waals surface area contributed by atoms with E-state index >= 15 is 0 Å². The number of rotatable bonds is 5. The highest BCUT2D eigenvalue weighted by Crippen LogP contribution is 2.31. The van der Waals surface area contributed by atoms with Crippen LogP contribution in [0.1, 0.15) is 27.4 Å². The number of fused-ring (bicyclic) bond motifs is 1. The molecule has 0 bridgehead atoms. The number of methoxy groups -OCH3 is 1. The minimum atomic E-state index is -0.223. The zero-order chi connectivity index (χ0) is 21.1. The Balaban J connectivity index is 1.64. The van der Waals surface area contributed by atoms with Crippen molar-refractivity contribution in [2.75, 3.05) is 32.1 Å². The molecule has 0 radical (unpaired) electrons. The maximum atomic E-state index is 12.4. The maximum Gasteiger partial charge on any atom is 0.287 e. The maximum absolute atomic E-state index is 12.4. The number of benzene rings is 2. The normalized spacial score (nSPS) is 15.8. The van der Waals surface area contributed by atoms with Gasteiger partial charge in [-0.2, -0.15) is 0 Å². The lowest BCUT2D eigenvalue weighted by molar-refractivity contribution is 0.0922. The van der Waals surface area contributed by atoms with Crippen LogP contribution in [0, 0.1) is 6.92 Å². The third-order valence-electron chi connectivity index (χ3n) is 5.36. The van der Waals surface area contributed by atoms with Crippen molar-refractivity contribution in [1.29, 1.82) is 0 Å². The molecular weight excluding hydrogens is 378 g/mol. The first-order valence-electron chi connectivity index (χ1n) is 9.92. The minimum Gasteiger partial charge on any atom is -0.497 e. The summed E-state index contributed by atoms with van der Waals surface area (Å²) in [5, 5.41) is 2.98. The molecule has 6 heteroatoms. The number of nitrogens with zero attached hydrogens (tertiary/aromatic N) is 2. The number of nitrogens with one attached hydrogen (secondary N) is 1. The van der Waals surface area contributed by atoms with Crippen LogP contribution in [0.3, 0.4) is 0 Å². The van der Waals surface area contributed by atoms with Crippen molar-refractivity contribution in [3.05, 3.63) is 83.3 Å². The number of amides is 1. The molecule has 1 atom stereocenters. The average Bonchev–Trinajstić information content (AvgIpc) is 3.16. The molecular formula is C24H25N3O3. The summed E-state index contributed by atoms with van der Waals surface area (Å²) in [5.74, 6) is 1.59. The Morgan fingerprint density at radius 2 is 2.00 bits per heavy atom. The zero-order valence-corrected chi connectivity index (χ0v) is 17.4. The first kappa shape index (κ1) is 19.8. The van der Waals surface area contributed by atoms with Gasteiger partial charge in [0.1, 0.15) is 11.5 Å². The minimum absolute atomic E-state index is 0.0166. The molecule has 6 nitrogen and oxygen atoms in total. The highest BCUT2D eigenvalue weighted by Gasteiger charge is 2.25. The van der Waals surface area contributed by atoms with Crippen molar-refractivity contribution in [3.63, 3.8) is 0 Å². The molecule has 0 saturated heterocycles. The predicted molar refractivity (Wildman–Crippen MR) is 118 cm³/mol. The summed E-state index contributed by atoms with van der Waals surface area (Å²) in [6.07, 6.45) is 0. The Hall–Kier alpha value is -3.54. The van der Waals surface area contributed by atoms with Gasteiger partial charge >= 0.3 is 0 Å². The number of likely N-dealkylation sites (N-methyl/N-ethyl adjacent to an activating group) is 1. The SMILES string of the molecule is COc1ccc2c(c1)N(C)C(CNC(=O)c1ccc(C)o1)CN=C2c1ccccc1. The molecule has 1 aliphatic heterocycles. The molecule has 1 N–H and O–H groups in total. The summed E-state index contributed by atoms with van der Waals surface area (Å²) < 4.78 is 10.9. The average molecular weight is 403 g/mol. The Labute approximate surface area is 176 Å². The van der Waals surface area contributed by atoms with E-state index in [0.717, 1.165) is 28.3 Å². The second-order valence-electron chi connectivity index (χ2n) is 7.32. The van der Waals surface area contributed by atoms with E-state index in [2.05, 4.69) is 22.3 Å². The molecule has 1 unspecified atom stereocenters. The summed E-state index contributed by atoms with van der Waals surface area (Å²) >= 11 is 0. The number of carbonyl (C=O) groups is 1. The molecule has 0 saturated carbocycles. The first-order valence-corrected chi connectivity index (χ1v) is 9.92. The highest BCUT2D eigenvalue weighted by atomic mass is 16.5. The van der Waals surface area contributed by atoms with Crippen molar-refractivity contribution in [2.45, 2.75) is 13.0 Å². The van der Waals surface area contributed by atoms with Gasteiger partial charge in [-0.05, 0) is 31.2 Å². The summed E-state index contributed by atoms with van der Waals surface area (Å²) in [4.78, 5) is 19.5. The summed E-state index contributed by atoms with van der Waals surface area (Å²) in [6, 6.07) is 19.6. The van der Waals surface area contributed by atoms with Crippen molar-refractivity contribution in [2.24, 2.45) is 4.99 Å². The van der Waals surface area contributed by atoms with Crippen LogP contribution in [0.15, 0.2) is 70.1 Å². The number of aryl methyl sites for hydroxylation is 1. The summed E-state index contributed by atoms with van der Waals surface area (Å²) in [5.41, 5.74) is 4.06. The van der Waals surface area contributed by atoms with Gasteiger partial charge in [0.2, 0.25) is 0 Å². The second-order valence-corrected chi connectivity index (χ2v) is 7.32. The Kier molecular flexibility index (Phi) is 5.57. The number of carbonyl (C=O) groups excluding carboxylic acids is 1. The number of ether oxygens (including phenoxy) is 1. The van der Waals surface area contributed by atoms with Gasteiger partial charge in [-0.15, -0.1) is 0 Å². The van der Waals surface area contributed by atoms with E-state index in [9.17, 15) is 4.79 Å². The second kappa shape index (κ2) is 8.45. The topological polar surface area (TPSA) is 67.1 Å². The van der Waals surface area contributed by atoms with E-state index < -0.39 is 0 Å². The van der Waals surface area contributed by atoms with Crippen molar-refractivity contribution in [3.8, 4) is 5.75 Å². The molecule has 3 aromatic rings. The van der Waals surface area contributed by atoms with Crippen LogP contribution in [0.2, 0.25) is 0 Å². The zero-order valence-electron chi connectivity index (χ0n) is 17.4. The molecule has 30 heavy (non-hydrogen) atoms. The molecule has 1 aliphatic rings. The number of anilines is 1. The van der Waals surface area contributed by atoms with Crippen LogP contribution < -0.4 is 15.0 Å². The fraction of sp³-hybridized carbons (Fsp3) is 0.250. The van der Waals surface area contributed by atoms with Gasteiger partial charge in [-0.25, -0.2) is 0 Å². The van der Waals surface area contributed by atoms with Gasteiger partial charge in [0.05, 0.1) is 25.4 Å². The van der Waals surface area contributed by atoms with Crippen molar-refractivity contribution < 1.29 is 13.9 Å². The van der Waals surface area contributed by atoms with E-state index in [1.807, 2.05) is 50.4 Å². The number of furan rings is 1. The first-order chi connectivity index (χ1) is 14.6.